The van der Waals surface area contributed by atoms with Gasteiger partial charge in [0.1, 0.15) is 0 Å². The number of hydrogen-bond donors (Lipinski definition) is 2. The van der Waals surface area contributed by atoms with Crippen molar-refractivity contribution in [2.45, 2.75) is 0 Å². The molecular formula is C17H13NO2. The van der Waals surface area contributed by atoms with Gasteiger partial charge >= 0.3 is 0 Å². The molecule has 0 aliphatic rings. The largest absolute Gasteiger partial charge is 0.504 e. The van der Waals surface area contributed by atoms with Crippen molar-refractivity contribution in [3.8, 4) is 11.5 Å². The Hall–Kier alpha value is -2.81. The lowest BCUT2D eigenvalue weighted by atomic mass is 10.0. The molecule has 0 spiro atoms. The van der Waals surface area contributed by atoms with Crippen LogP contribution in [-0.4, -0.2) is 15.2 Å². The van der Waals surface area contributed by atoms with Gasteiger partial charge < -0.3 is 10.2 Å². The highest BCUT2D eigenvalue weighted by Gasteiger charge is 2.08. The predicted octanol–water partition coefficient (Wildman–Crippen LogP) is 3.71. The number of pyridine rings is 1. The quantitative estimate of drug-likeness (QED) is 0.693. The highest BCUT2D eigenvalue weighted by atomic mass is 16.3. The van der Waals surface area contributed by atoms with Gasteiger partial charge in [-0.15, -0.1) is 0 Å². The lowest BCUT2D eigenvalue weighted by Gasteiger charge is -2.08. The summed E-state index contributed by atoms with van der Waals surface area (Å²) in [5.74, 6) is -0.308. The molecule has 0 bridgehead atoms. The number of fused-ring (bicyclic) bond motifs is 1. The van der Waals surface area contributed by atoms with Gasteiger partial charge in [0, 0.05) is 11.0 Å². The number of nitrogens with zero attached hydrogens (tertiary/aromatic N) is 1. The van der Waals surface area contributed by atoms with E-state index in [1.165, 1.54) is 12.1 Å². The van der Waals surface area contributed by atoms with Crippen LogP contribution in [-0.2, 0) is 0 Å². The summed E-state index contributed by atoms with van der Waals surface area (Å²) in [6.07, 6.45) is 0. The first-order valence-corrected chi connectivity index (χ1v) is 6.22. The maximum Gasteiger partial charge on any atom is 0.158 e. The van der Waals surface area contributed by atoms with Gasteiger partial charge in [0.15, 0.2) is 11.5 Å². The number of hydrogen-bond acceptors (Lipinski definition) is 3. The summed E-state index contributed by atoms with van der Waals surface area (Å²) in [5.41, 5.74) is 3.07. The molecule has 0 saturated carbocycles. The van der Waals surface area contributed by atoms with Crippen molar-refractivity contribution >= 4 is 16.5 Å². The maximum atomic E-state index is 9.56. The fraction of sp³-hybridized carbons (Fsp3) is 0. The van der Waals surface area contributed by atoms with E-state index in [4.69, 9.17) is 0 Å². The molecule has 2 N–H and O–H groups in total. The molecular weight excluding hydrogens is 250 g/mol. The van der Waals surface area contributed by atoms with Crippen molar-refractivity contribution in [2.75, 3.05) is 0 Å². The molecule has 3 aromatic rings. The van der Waals surface area contributed by atoms with Gasteiger partial charge in [-0.3, -0.25) is 0 Å². The van der Waals surface area contributed by atoms with Crippen molar-refractivity contribution in [3.63, 3.8) is 0 Å². The first-order chi connectivity index (χ1) is 9.65. The SMILES string of the molecule is C=C(c1ccc(O)c(O)c1)c1ccc2ccccc2n1. The fourth-order valence-electron chi connectivity index (χ4n) is 2.09. The predicted molar refractivity (Wildman–Crippen MR) is 79.7 cm³/mol. The molecule has 3 heteroatoms. The van der Waals surface area contributed by atoms with Crippen LogP contribution >= 0.6 is 0 Å². The molecule has 3 nitrogen and oxygen atoms in total. The van der Waals surface area contributed by atoms with Crippen LogP contribution in [0.3, 0.4) is 0 Å². The Labute approximate surface area is 116 Å². The van der Waals surface area contributed by atoms with Crippen LogP contribution in [0.15, 0.2) is 61.2 Å². The Morgan fingerprint density at radius 3 is 2.50 bits per heavy atom. The Morgan fingerprint density at radius 2 is 1.70 bits per heavy atom. The van der Waals surface area contributed by atoms with Gasteiger partial charge in [0.25, 0.3) is 0 Å². The molecule has 0 aliphatic carbocycles. The minimum atomic E-state index is -0.163. The van der Waals surface area contributed by atoms with E-state index in [0.717, 1.165) is 22.2 Å². The summed E-state index contributed by atoms with van der Waals surface area (Å²) in [6.45, 7) is 4.02. The fourth-order valence-corrected chi connectivity index (χ4v) is 2.09. The molecule has 0 amide bonds. The van der Waals surface area contributed by atoms with E-state index in [2.05, 4.69) is 11.6 Å². The third kappa shape index (κ3) is 2.10. The van der Waals surface area contributed by atoms with E-state index in [1.54, 1.807) is 6.07 Å². The van der Waals surface area contributed by atoms with Crippen molar-refractivity contribution in [3.05, 3.63) is 72.4 Å². The summed E-state index contributed by atoms with van der Waals surface area (Å²) in [6, 6.07) is 16.4. The standard InChI is InChI=1S/C17H13NO2/c1-11(13-7-9-16(19)17(20)10-13)14-8-6-12-4-2-3-5-15(12)18-14/h2-10,19-20H,1H2. The first-order valence-electron chi connectivity index (χ1n) is 6.22. The van der Waals surface area contributed by atoms with Gasteiger partial charge in [0.05, 0.1) is 11.2 Å². The van der Waals surface area contributed by atoms with Crippen molar-refractivity contribution < 1.29 is 10.2 Å². The number of phenolic OH excluding ortho intramolecular Hbond substituents is 2. The summed E-state index contributed by atoms with van der Waals surface area (Å²) in [5, 5.41) is 20.0. The first kappa shape index (κ1) is 12.2. The van der Waals surface area contributed by atoms with E-state index in [1.807, 2.05) is 36.4 Å². The van der Waals surface area contributed by atoms with E-state index in [0.29, 0.717) is 5.57 Å². The summed E-state index contributed by atoms with van der Waals surface area (Å²) < 4.78 is 0. The molecule has 0 radical (unpaired) electrons. The minimum Gasteiger partial charge on any atom is -0.504 e. The molecule has 2 aromatic carbocycles. The van der Waals surface area contributed by atoms with Gasteiger partial charge in [-0.05, 0) is 29.8 Å². The van der Waals surface area contributed by atoms with Crippen LogP contribution in [0.1, 0.15) is 11.3 Å². The van der Waals surface area contributed by atoms with Gasteiger partial charge in [0.2, 0.25) is 0 Å². The lowest BCUT2D eigenvalue weighted by molar-refractivity contribution is 0.403. The number of aromatic hydroxyl groups is 2. The highest BCUT2D eigenvalue weighted by Crippen LogP contribution is 2.30. The molecule has 3 rings (SSSR count). The molecule has 0 fully saturated rings. The van der Waals surface area contributed by atoms with E-state index in [9.17, 15) is 10.2 Å². The normalized spacial score (nSPS) is 10.6. The van der Waals surface area contributed by atoms with Crippen LogP contribution in [0, 0.1) is 0 Å². The molecule has 1 heterocycles. The summed E-state index contributed by atoms with van der Waals surface area (Å²) in [7, 11) is 0. The number of aromatic nitrogens is 1. The van der Waals surface area contributed by atoms with Crippen LogP contribution in [0.25, 0.3) is 16.5 Å². The third-order valence-corrected chi connectivity index (χ3v) is 3.23. The molecule has 0 aliphatic heterocycles. The second-order valence-electron chi connectivity index (χ2n) is 4.57. The highest BCUT2D eigenvalue weighted by molar-refractivity contribution is 5.84. The number of benzene rings is 2. The Balaban J connectivity index is 2.05. The van der Waals surface area contributed by atoms with Crippen molar-refractivity contribution in [2.24, 2.45) is 0 Å². The van der Waals surface area contributed by atoms with Crippen molar-refractivity contribution in [1.29, 1.82) is 0 Å². The van der Waals surface area contributed by atoms with Crippen LogP contribution in [0.2, 0.25) is 0 Å². The topological polar surface area (TPSA) is 53.4 Å². The Bertz CT molecular complexity index is 809. The van der Waals surface area contributed by atoms with Gasteiger partial charge in [-0.1, -0.05) is 36.9 Å². The molecule has 98 valence electrons. The summed E-state index contributed by atoms with van der Waals surface area (Å²) >= 11 is 0. The molecule has 0 atom stereocenters. The number of para-hydroxylation sites is 1. The van der Waals surface area contributed by atoms with Crippen molar-refractivity contribution in [1.82, 2.24) is 4.98 Å². The molecule has 0 saturated heterocycles. The van der Waals surface area contributed by atoms with Gasteiger partial charge in [-0.25, -0.2) is 4.98 Å². The lowest BCUT2D eigenvalue weighted by Crippen LogP contribution is -1.91. The Kier molecular flexibility index (Phi) is 2.88. The van der Waals surface area contributed by atoms with Crippen LogP contribution in [0.5, 0.6) is 11.5 Å². The van der Waals surface area contributed by atoms with Crippen LogP contribution < -0.4 is 0 Å². The second kappa shape index (κ2) is 4.70. The average Bonchev–Trinajstić information content (AvgIpc) is 2.49. The molecule has 1 aromatic heterocycles. The second-order valence-corrected chi connectivity index (χ2v) is 4.57. The molecule has 0 unspecified atom stereocenters. The molecule has 20 heavy (non-hydrogen) atoms. The zero-order chi connectivity index (χ0) is 14.1. The summed E-state index contributed by atoms with van der Waals surface area (Å²) in [4.78, 5) is 4.56. The van der Waals surface area contributed by atoms with Crippen LogP contribution in [0.4, 0.5) is 0 Å². The monoisotopic (exact) mass is 263 g/mol. The van der Waals surface area contributed by atoms with E-state index >= 15 is 0 Å². The average molecular weight is 263 g/mol. The smallest absolute Gasteiger partial charge is 0.158 e. The minimum absolute atomic E-state index is 0.145. The zero-order valence-corrected chi connectivity index (χ0v) is 10.7. The number of rotatable bonds is 2. The van der Waals surface area contributed by atoms with E-state index in [-0.39, 0.29) is 11.5 Å². The van der Waals surface area contributed by atoms with Gasteiger partial charge in [-0.2, -0.15) is 0 Å². The third-order valence-electron chi connectivity index (χ3n) is 3.23. The maximum absolute atomic E-state index is 9.56. The Morgan fingerprint density at radius 1 is 0.900 bits per heavy atom. The number of phenols is 2. The van der Waals surface area contributed by atoms with E-state index < -0.39 is 0 Å². The zero-order valence-electron chi connectivity index (χ0n) is 10.7.